The Kier molecular flexibility index (Phi) is 5.44. The summed E-state index contributed by atoms with van der Waals surface area (Å²) in [5.41, 5.74) is 2.98. The first-order valence-corrected chi connectivity index (χ1v) is 7.00. The highest BCUT2D eigenvalue weighted by atomic mass is 19.1. The van der Waals surface area contributed by atoms with Gasteiger partial charge in [0.2, 0.25) is 5.91 Å². The number of halogens is 1. The van der Waals surface area contributed by atoms with Crippen LogP contribution in [0.4, 0.5) is 4.39 Å². The van der Waals surface area contributed by atoms with Crippen molar-refractivity contribution in [2.45, 2.75) is 20.1 Å². The molecule has 0 atom stereocenters. The third-order valence-electron chi connectivity index (χ3n) is 3.34. The van der Waals surface area contributed by atoms with Gasteiger partial charge in [0.25, 0.3) is 0 Å². The highest BCUT2D eigenvalue weighted by molar-refractivity contribution is 5.97. The van der Waals surface area contributed by atoms with E-state index in [1.807, 2.05) is 24.3 Å². The van der Waals surface area contributed by atoms with E-state index in [1.54, 1.807) is 25.1 Å². The monoisotopic (exact) mass is 299 g/mol. The quantitative estimate of drug-likeness (QED) is 0.834. The Morgan fingerprint density at radius 2 is 1.77 bits per heavy atom. The molecule has 3 nitrogen and oxygen atoms in total. The van der Waals surface area contributed by atoms with Crippen LogP contribution in [0.2, 0.25) is 0 Å². The Labute approximate surface area is 129 Å². The zero-order chi connectivity index (χ0) is 15.9. The molecule has 0 fully saturated rings. The molecule has 2 aromatic carbocycles. The zero-order valence-electron chi connectivity index (χ0n) is 12.3. The van der Waals surface area contributed by atoms with Crippen molar-refractivity contribution in [3.05, 3.63) is 76.6 Å². The summed E-state index contributed by atoms with van der Waals surface area (Å²) in [6.45, 7) is 2.00. The summed E-state index contributed by atoms with van der Waals surface area (Å²) in [5, 5.41) is 12.1. The van der Waals surface area contributed by atoms with Crippen molar-refractivity contribution >= 4 is 12.0 Å². The maximum atomic E-state index is 12.8. The number of rotatable bonds is 5. The first-order valence-electron chi connectivity index (χ1n) is 7.00. The molecular weight excluding hydrogens is 281 g/mol. The van der Waals surface area contributed by atoms with E-state index >= 15 is 0 Å². The van der Waals surface area contributed by atoms with Gasteiger partial charge in [-0.05, 0) is 41.8 Å². The van der Waals surface area contributed by atoms with Crippen LogP contribution in [0.25, 0.3) is 6.08 Å². The van der Waals surface area contributed by atoms with Crippen molar-refractivity contribution in [2.24, 2.45) is 0 Å². The lowest BCUT2D eigenvalue weighted by atomic mass is 10.1. The molecule has 4 heteroatoms. The smallest absolute Gasteiger partial charge is 0.247 e. The number of carbonyl (C=O) groups is 1. The average molecular weight is 299 g/mol. The van der Waals surface area contributed by atoms with E-state index < -0.39 is 0 Å². The van der Waals surface area contributed by atoms with Crippen LogP contribution >= 0.6 is 0 Å². The minimum Gasteiger partial charge on any atom is -0.392 e. The van der Waals surface area contributed by atoms with Gasteiger partial charge in [-0.1, -0.05) is 36.4 Å². The highest BCUT2D eigenvalue weighted by Crippen LogP contribution is 2.10. The van der Waals surface area contributed by atoms with Crippen LogP contribution in [0, 0.1) is 5.82 Å². The third kappa shape index (κ3) is 4.27. The van der Waals surface area contributed by atoms with E-state index in [9.17, 15) is 14.3 Å². The molecular formula is C18H18FNO2. The van der Waals surface area contributed by atoms with Crippen molar-refractivity contribution in [3.63, 3.8) is 0 Å². The third-order valence-corrected chi connectivity index (χ3v) is 3.34. The molecule has 0 radical (unpaired) electrons. The standard InChI is InChI=1S/C18H18FNO2/c1-13(10-14-6-8-17(19)9-7-14)18(22)20-11-15-4-2-3-5-16(15)12-21/h2-10,21H,11-12H2,1H3,(H,20,22)/b13-10-. The van der Waals surface area contributed by atoms with Crippen molar-refractivity contribution in [3.8, 4) is 0 Å². The molecule has 114 valence electrons. The van der Waals surface area contributed by atoms with Crippen LogP contribution in [-0.4, -0.2) is 11.0 Å². The van der Waals surface area contributed by atoms with Crippen molar-refractivity contribution in [2.75, 3.05) is 0 Å². The van der Waals surface area contributed by atoms with E-state index in [2.05, 4.69) is 5.32 Å². The Bertz CT molecular complexity index is 678. The largest absolute Gasteiger partial charge is 0.392 e. The fourth-order valence-corrected chi connectivity index (χ4v) is 2.07. The van der Waals surface area contributed by atoms with E-state index in [1.165, 1.54) is 12.1 Å². The first kappa shape index (κ1) is 15.9. The Balaban J connectivity index is 2.01. The Morgan fingerprint density at radius 3 is 2.41 bits per heavy atom. The number of nitrogens with one attached hydrogen (secondary N) is 1. The van der Waals surface area contributed by atoms with Gasteiger partial charge in [-0.25, -0.2) is 4.39 Å². The molecule has 2 aromatic rings. The summed E-state index contributed by atoms with van der Waals surface area (Å²) in [6.07, 6.45) is 1.70. The lowest BCUT2D eigenvalue weighted by molar-refractivity contribution is -0.117. The fourth-order valence-electron chi connectivity index (χ4n) is 2.07. The molecule has 22 heavy (non-hydrogen) atoms. The zero-order valence-corrected chi connectivity index (χ0v) is 12.3. The molecule has 0 saturated carbocycles. The fraction of sp³-hybridized carbons (Fsp3) is 0.167. The van der Waals surface area contributed by atoms with Crippen LogP contribution < -0.4 is 5.32 Å². The van der Waals surface area contributed by atoms with Crippen molar-refractivity contribution < 1.29 is 14.3 Å². The number of hydrogen-bond acceptors (Lipinski definition) is 2. The number of aliphatic hydroxyl groups is 1. The molecule has 2 N–H and O–H groups in total. The average Bonchev–Trinajstić information content (AvgIpc) is 2.54. The lowest BCUT2D eigenvalue weighted by Crippen LogP contribution is -2.24. The molecule has 0 unspecified atom stereocenters. The van der Waals surface area contributed by atoms with Gasteiger partial charge in [0.1, 0.15) is 5.82 Å². The van der Waals surface area contributed by atoms with Gasteiger partial charge in [-0.3, -0.25) is 4.79 Å². The second kappa shape index (κ2) is 7.52. The summed E-state index contributed by atoms with van der Waals surface area (Å²) in [5.74, 6) is -0.503. The van der Waals surface area contributed by atoms with E-state index in [0.29, 0.717) is 12.1 Å². The summed E-state index contributed by atoms with van der Waals surface area (Å²) in [6, 6.07) is 13.3. The van der Waals surface area contributed by atoms with Gasteiger partial charge in [-0.2, -0.15) is 0 Å². The lowest BCUT2D eigenvalue weighted by Gasteiger charge is -2.09. The van der Waals surface area contributed by atoms with Crippen LogP contribution in [0.3, 0.4) is 0 Å². The number of hydrogen-bond donors (Lipinski definition) is 2. The van der Waals surface area contributed by atoms with E-state index in [4.69, 9.17) is 0 Å². The van der Waals surface area contributed by atoms with Gasteiger partial charge in [0, 0.05) is 12.1 Å². The molecule has 0 aliphatic rings. The molecule has 0 bridgehead atoms. The van der Waals surface area contributed by atoms with Gasteiger partial charge < -0.3 is 10.4 Å². The van der Waals surface area contributed by atoms with Crippen molar-refractivity contribution in [1.29, 1.82) is 0 Å². The molecule has 0 saturated heterocycles. The molecule has 2 rings (SSSR count). The van der Waals surface area contributed by atoms with Crippen LogP contribution in [0.5, 0.6) is 0 Å². The number of amides is 1. The van der Waals surface area contributed by atoms with E-state index in [-0.39, 0.29) is 18.3 Å². The topological polar surface area (TPSA) is 49.3 Å². The number of benzene rings is 2. The minimum atomic E-state index is -0.306. The van der Waals surface area contributed by atoms with Gasteiger partial charge in [0.15, 0.2) is 0 Å². The molecule has 0 aromatic heterocycles. The number of aliphatic hydroxyl groups excluding tert-OH is 1. The summed E-state index contributed by atoms with van der Waals surface area (Å²) in [7, 11) is 0. The Morgan fingerprint density at radius 1 is 1.14 bits per heavy atom. The first-order chi connectivity index (χ1) is 10.6. The van der Waals surface area contributed by atoms with E-state index in [0.717, 1.165) is 16.7 Å². The summed E-state index contributed by atoms with van der Waals surface area (Å²) in [4.78, 5) is 12.1. The second-order valence-electron chi connectivity index (χ2n) is 4.99. The van der Waals surface area contributed by atoms with Crippen LogP contribution in [-0.2, 0) is 17.9 Å². The predicted molar refractivity (Wildman–Crippen MR) is 84.3 cm³/mol. The minimum absolute atomic E-state index is 0.0591. The van der Waals surface area contributed by atoms with Crippen LogP contribution in [0.15, 0.2) is 54.1 Å². The normalized spacial score (nSPS) is 11.3. The maximum absolute atomic E-state index is 12.8. The van der Waals surface area contributed by atoms with Gasteiger partial charge >= 0.3 is 0 Å². The Hall–Kier alpha value is -2.46. The highest BCUT2D eigenvalue weighted by Gasteiger charge is 2.06. The molecule has 0 aliphatic carbocycles. The molecule has 1 amide bonds. The van der Waals surface area contributed by atoms with Crippen molar-refractivity contribution in [1.82, 2.24) is 5.32 Å². The van der Waals surface area contributed by atoms with Crippen LogP contribution in [0.1, 0.15) is 23.6 Å². The maximum Gasteiger partial charge on any atom is 0.247 e. The molecule has 0 spiro atoms. The second-order valence-corrected chi connectivity index (χ2v) is 4.99. The predicted octanol–water partition coefficient (Wildman–Crippen LogP) is 3.04. The SMILES string of the molecule is C/C(=C/c1ccc(F)cc1)C(=O)NCc1ccccc1CO. The molecule has 0 heterocycles. The number of carbonyl (C=O) groups excluding carboxylic acids is 1. The van der Waals surface area contributed by atoms with Gasteiger partial charge in [0.05, 0.1) is 6.61 Å². The summed E-state index contributed by atoms with van der Waals surface area (Å²) >= 11 is 0. The van der Waals surface area contributed by atoms with Gasteiger partial charge in [-0.15, -0.1) is 0 Å². The summed E-state index contributed by atoms with van der Waals surface area (Å²) < 4.78 is 12.8. The molecule has 0 aliphatic heterocycles.